The Hall–Kier alpha value is -3.82. The highest BCUT2D eigenvalue weighted by molar-refractivity contribution is 6.37. The van der Waals surface area contributed by atoms with Crippen LogP contribution in [-0.2, 0) is 11.3 Å². The molecule has 0 saturated carbocycles. The molecule has 4 rings (SSSR count). The number of amides is 1. The van der Waals surface area contributed by atoms with E-state index < -0.39 is 17.4 Å². The predicted molar refractivity (Wildman–Crippen MR) is 125 cm³/mol. The van der Waals surface area contributed by atoms with Crippen LogP contribution in [0.25, 0.3) is 5.65 Å². The van der Waals surface area contributed by atoms with Crippen LogP contribution in [0.4, 0.5) is 5.69 Å². The molecular formula is C23H17Cl2N3O6. The largest absolute Gasteiger partial charge is 0.495 e. The smallest absolute Gasteiger partial charge is 0.338 e. The molecule has 0 spiro atoms. The fourth-order valence-electron chi connectivity index (χ4n) is 3.17. The van der Waals surface area contributed by atoms with E-state index in [1.807, 2.05) is 0 Å². The van der Waals surface area contributed by atoms with Crippen LogP contribution in [-0.4, -0.2) is 28.5 Å². The van der Waals surface area contributed by atoms with Crippen molar-refractivity contribution in [1.82, 2.24) is 9.56 Å². The van der Waals surface area contributed by atoms with Crippen LogP contribution in [0.15, 0.2) is 57.8 Å². The van der Waals surface area contributed by atoms with Crippen molar-refractivity contribution in [3.63, 3.8) is 0 Å². The molecule has 0 atom stereocenters. The van der Waals surface area contributed by atoms with E-state index in [9.17, 15) is 14.4 Å². The Labute approximate surface area is 202 Å². The zero-order valence-electron chi connectivity index (χ0n) is 17.9. The summed E-state index contributed by atoms with van der Waals surface area (Å²) in [5, 5.41) is 3.24. The molecule has 4 aromatic rings. The number of methoxy groups -OCH3 is 1. The number of aromatic nitrogens is 2. The van der Waals surface area contributed by atoms with Crippen molar-refractivity contribution in [3.05, 3.63) is 91.5 Å². The Morgan fingerprint density at radius 2 is 1.91 bits per heavy atom. The Kier molecular flexibility index (Phi) is 6.58. The van der Waals surface area contributed by atoms with E-state index in [2.05, 4.69) is 10.3 Å². The molecule has 174 valence electrons. The molecule has 2 aromatic heterocycles. The average Bonchev–Trinajstić information content (AvgIpc) is 3.18. The van der Waals surface area contributed by atoms with Gasteiger partial charge in [0.2, 0.25) is 0 Å². The minimum atomic E-state index is -0.687. The molecule has 0 unspecified atom stereocenters. The fraction of sp³-hybridized carbons (Fsp3) is 0.130. The lowest BCUT2D eigenvalue weighted by Crippen LogP contribution is -2.16. The van der Waals surface area contributed by atoms with Crippen LogP contribution < -0.4 is 15.6 Å². The molecule has 34 heavy (non-hydrogen) atoms. The Bertz CT molecular complexity index is 1480. The van der Waals surface area contributed by atoms with Crippen molar-refractivity contribution in [2.24, 2.45) is 0 Å². The summed E-state index contributed by atoms with van der Waals surface area (Å²) < 4.78 is 16.9. The number of hydrogen-bond donors (Lipinski definition) is 1. The summed E-state index contributed by atoms with van der Waals surface area (Å²) in [7, 11) is 1.43. The quantitative estimate of drug-likeness (QED) is 0.386. The lowest BCUT2D eigenvalue weighted by atomic mass is 10.1. The van der Waals surface area contributed by atoms with Gasteiger partial charge in [-0.15, -0.1) is 4.57 Å². The van der Waals surface area contributed by atoms with E-state index in [4.69, 9.17) is 37.2 Å². The van der Waals surface area contributed by atoms with E-state index in [1.165, 1.54) is 49.6 Å². The molecule has 2 aromatic carbocycles. The summed E-state index contributed by atoms with van der Waals surface area (Å²) >= 11 is 12.0. The predicted octanol–water partition coefficient (Wildman–Crippen LogP) is 4.52. The summed E-state index contributed by atoms with van der Waals surface area (Å²) in [6.45, 7) is 1.46. The van der Waals surface area contributed by atoms with Crippen molar-refractivity contribution >= 4 is 46.4 Å². The normalized spacial score (nSPS) is 10.8. The second-order valence-corrected chi connectivity index (χ2v) is 8.00. The van der Waals surface area contributed by atoms with Gasteiger partial charge in [0.15, 0.2) is 5.65 Å². The molecule has 0 aliphatic heterocycles. The van der Waals surface area contributed by atoms with Gasteiger partial charge >= 0.3 is 5.97 Å². The maximum Gasteiger partial charge on any atom is 0.338 e. The number of nitrogens with zero attached hydrogens (tertiary/aromatic N) is 2. The summed E-state index contributed by atoms with van der Waals surface area (Å²) in [5.74, 6) is -0.358. The molecule has 11 heteroatoms. The van der Waals surface area contributed by atoms with Gasteiger partial charge in [0.1, 0.15) is 18.1 Å². The van der Waals surface area contributed by atoms with Gasteiger partial charge in [-0.1, -0.05) is 23.2 Å². The second-order valence-electron chi connectivity index (χ2n) is 7.15. The number of anilines is 1. The fourth-order valence-corrected chi connectivity index (χ4v) is 3.66. The molecule has 1 amide bonds. The highest BCUT2D eigenvalue weighted by atomic mass is 35.5. The summed E-state index contributed by atoms with van der Waals surface area (Å²) in [6.07, 6.45) is 0. The molecule has 0 bridgehead atoms. The first-order valence-corrected chi connectivity index (χ1v) is 10.6. The maximum atomic E-state index is 12.7. The van der Waals surface area contributed by atoms with Gasteiger partial charge < -0.3 is 19.3 Å². The first kappa shape index (κ1) is 23.3. The molecule has 2 heterocycles. The summed E-state index contributed by atoms with van der Waals surface area (Å²) in [6, 6.07) is 11.7. The van der Waals surface area contributed by atoms with Crippen molar-refractivity contribution in [2.75, 3.05) is 12.4 Å². The second kappa shape index (κ2) is 9.58. The SMILES string of the molecule is COc1ccc(C(=O)OCc2cc(=O)n3oc(C)cc3n2)cc1NC(=O)c1ccc(Cl)cc1Cl. The molecule has 0 aliphatic carbocycles. The van der Waals surface area contributed by atoms with Gasteiger partial charge in [0.25, 0.3) is 11.5 Å². The zero-order valence-corrected chi connectivity index (χ0v) is 19.4. The van der Waals surface area contributed by atoms with Crippen LogP contribution in [0.2, 0.25) is 10.0 Å². The number of aryl methyl sites for hydroxylation is 1. The number of hydrogen-bond acceptors (Lipinski definition) is 7. The van der Waals surface area contributed by atoms with E-state index >= 15 is 0 Å². The maximum absolute atomic E-state index is 12.7. The number of carbonyl (C=O) groups excluding carboxylic acids is 2. The lowest BCUT2D eigenvalue weighted by Gasteiger charge is -2.13. The number of carbonyl (C=O) groups is 2. The molecule has 0 aliphatic rings. The van der Waals surface area contributed by atoms with Gasteiger partial charge in [-0.3, -0.25) is 9.59 Å². The standard InChI is InChI=1S/C23H17Cl2N3O6/c1-12-7-20-26-15(10-21(29)28(20)34-12)11-33-23(31)13-3-6-19(32-2)18(8-13)27-22(30)16-5-4-14(24)9-17(16)25/h3-10H,11H2,1-2H3,(H,27,30). The monoisotopic (exact) mass is 501 g/mol. The highest BCUT2D eigenvalue weighted by Crippen LogP contribution is 2.28. The third-order valence-corrected chi connectivity index (χ3v) is 5.28. The van der Waals surface area contributed by atoms with Crippen LogP contribution in [0.1, 0.15) is 32.2 Å². The number of nitrogens with one attached hydrogen (secondary N) is 1. The number of ether oxygens (including phenoxy) is 2. The topological polar surface area (TPSA) is 112 Å². The zero-order chi connectivity index (χ0) is 24.4. The van der Waals surface area contributed by atoms with Gasteiger partial charge in [-0.25, -0.2) is 9.78 Å². The summed E-state index contributed by atoms with van der Waals surface area (Å²) in [4.78, 5) is 41.7. The van der Waals surface area contributed by atoms with Crippen molar-refractivity contribution < 1.29 is 23.6 Å². The van der Waals surface area contributed by atoms with Gasteiger partial charge in [0, 0.05) is 17.2 Å². The average molecular weight is 502 g/mol. The van der Waals surface area contributed by atoms with Crippen LogP contribution in [0, 0.1) is 6.92 Å². The third kappa shape index (κ3) is 4.90. The molecule has 0 saturated heterocycles. The van der Waals surface area contributed by atoms with Gasteiger partial charge in [-0.05, 0) is 43.3 Å². The molecule has 9 nitrogen and oxygen atoms in total. The number of benzene rings is 2. The van der Waals surface area contributed by atoms with Crippen LogP contribution in [0.5, 0.6) is 5.75 Å². The Balaban J connectivity index is 1.52. The Morgan fingerprint density at radius 3 is 2.65 bits per heavy atom. The Morgan fingerprint density at radius 1 is 1.12 bits per heavy atom. The summed E-state index contributed by atoms with van der Waals surface area (Å²) in [5.41, 5.74) is 0.725. The molecular weight excluding hydrogens is 485 g/mol. The number of rotatable bonds is 6. The van der Waals surface area contributed by atoms with E-state index in [0.29, 0.717) is 22.2 Å². The minimum Gasteiger partial charge on any atom is -0.495 e. The van der Waals surface area contributed by atoms with Crippen LogP contribution in [0.3, 0.4) is 0 Å². The van der Waals surface area contributed by atoms with Crippen molar-refractivity contribution in [3.8, 4) is 5.75 Å². The molecule has 0 radical (unpaired) electrons. The number of esters is 1. The van der Waals surface area contributed by atoms with E-state index in [1.54, 1.807) is 13.0 Å². The van der Waals surface area contributed by atoms with Crippen LogP contribution >= 0.6 is 23.2 Å². The minimum absolute atomic E-state index is 0.148. The van der Waals surface area contributed by atoms with Crippen molar-refractivity contribution in [2.45, 2.75) is 13.5 Å². The number of fused-ring (bicyclic) bond motifs is 1. The number of halogens is 2. The molecule has 1 N–H and O–H groups in total. The van der Waals surface area contributed by atoms with Gasteiger partial charge in [0.05, 0.1) is 34.6 Å². The molecule has 0 fully saturated rings. The van der Waals surface area contributed by atoms with Gasteiger partial charge in [-0.2, -0.15) is 0 Å². The van der Waals surface area contributed by atoms with Crippen molar-refractivity contribution in [1.29, 1.82) is 0 Å². The van der Waals surface area contributed by atoms with E-state index in [0.717, 1.165) is 4.57 Å². The first-order valence-electron chi connectivity index (χ1n) is 9.86. The van der Waals surface area contributed by atoms with E-state index in [-0.39, 0.29) is 34.1 Å². The third-order valence-electron chi connectivity index (χ3n) is 4.73. The first-order chi connectivity index (χ1) is 16.2. The highest BCUT2D eigenvalue weighted by Gasteiger charge is 2.17. The lowest BCUT2D eigenvalue weighted by molar-refractivity contribution is 0.0467.